The van der Waals surface area contributed by atoms with Gasteiger partial charge < -0.3 is 5.32 Å². The van der Waals surface area contributed by atoms with Crippen LogP contribution in [0.5, 0.6) is 0 Å². The lowest BCUT2D eigenvalue weighted by Gasteiger charge is -2.04. The van der Waals surface area contributed by atoms with E-state index in [0.717, 1.165) is 15.8 Å². The molecule has 10 heteroatoms. The van der Waals surface area contributed by atoms with E-state index in [-0.39, 0.29) is 21.3 Å². The van der Waals surface area contributed by atoms with Crippen LogP contribution in [-0.2, 0) is 14.8 Å². The number of amides is 1. The predicted octanol–water partition coefficient (Wildman–Crippen LogP) is 2.70. The number of anilines is 2. The lowest BCUT2D eigenvalue weighted by molar-refractivity contribution is -0.118. The monoisotopic (exact) mass is 404 g/mol. The van der Waals surface area contributed by atoms with Gasteiger partial charge in [0, 0.05) is 16.1 Å². The second-order valence-electron chi connectivity index (χ2n) is 4.63. The maximum absolute atomic E-state index is 12.2. The Bertz CT molecular complexity index is 772. The lowest BCUT2D eigenvalue weighted by atomic mass is 10.2. The van der Waals surface area contributed by atoms with Gasteiger partial charge in [-0.3, -0.25) is 9.52 Å². The van der Waals surface area contributed by atoms with E-state index in [2.05, 4.69) is 36.2 Å². The molecule has 7 nitrogen and oxygen atoms in total. The van der Waals surface area contributed by atoms with Crippen molar-refractivity contribution in [1.29, 1.82) is 0 Å². The molecule has 1 amide bonds. The van der Waals surface area contributed by atoms with Crippen molar-refractivity contribution < 1.29 is 13.2 Å². The molecule has 0 fully saturated rings. The third-order valence-electron chi connectivity index (χ3n) is 2.49. The van der Waals surface area contributed by atoms with E-state index in [1.165, 1.54) is 0 Å². The maximum Gasteiger partial charge on any atom is 0.291 e. The molecular weight excluding hydrogens is 392 g/mol. The minimum absolute atomic E-state index is 0.148. The topological polar surface area (TPSA) is 101 Å². The van der Waals surface area contributed by atoms with Crippen LogP contribution in [-0.4, -0.2) is 24.5 Å². The van der Waals surface area contributed by atoms with Gasteiger partial charge in [-0.15, -0.1) is 10.2 Å². The fraction of sp³-hybridized carbons (Fsp3) is 0.250. The smallest absolute Gasteiger partial charge is 0.291 e. The minimum Gasteiger partial charge on any atom is -0.300 e. The Balaban J connectivity index is 2.14. The quantitative estimate of drug-likeness (QED) is 0.745. The van der Waals surface area contributed by atoms with Crippen LogP contribution in [0.4, 0.5) is 10.8 Å². The standard InChI is InChI=1S/C12H13BrN4O3S2/c1-7(2)10(18)14-11-15-16-12(21-11)22(19,20)17-9-5-3-8(13)4-6-9/h3-7,17H,1-2H3,(H,14,15,18). The van der Waals surface area contributed by atoms with Gasteiger partial charge in [-0.1, -0.05) is 41.1 Å². The second kappa shape index (κ2) is 6.71. The number of nitrogens with zero attached hydrogens (tertiary/aromatic N) is 2. The van der Waals surface area contributed by atoms with Gasteiger partial charge in [0.05, 0.1) is 0 Å². The molecule has 0 spiro atoms. The van der Waals surface area contributed by atoms with E-state index < -0.39 is 10.0 Å². The highest BCUT2D eigenvalue weighted by atomic mass is 79.9. The molecule has 1 aromatic heterocycles. The Labute approximate surface area is 140 Å². The van der Waals surface area contributed by atoms with Crippen LogP contribution < -0.4 is 10.0 Å². The minimum atomic E-state index is -3.83. The van der Waals surface area contributed by atoms with Crippen molar-refractivity contribution in [1.82, 2.24) is 10.2 Å². The Morgan fingerprint density at radius 2 is 1.86 bits per heavy atom. The SMILES string of the molecule is CC(C)C(=O)Nc1nnc(S(=O)(=O)Nc2ccc(Br)cc2)s1. The van der Waals surface area contributed by atoms with E-state index in [0.29, 0.717) is 5.69 Å². The van der Waals surface area contributed by atoms with Crippen LogP contribution in [0.2, 0.25) is 0 Å². The third kappa shape index (κ3) is 4.24. The normalized spacial score (nSPS) is 11.5. The van der Waals surface area contributed by atoms with Gasteiger partial charge >= 0.3 is 0 Å². The number of hydrogen-bond donors (Lipinski definition) is 2. The molecule has 1 heterocycles. The number of carbonyl (C=O) groups excluding carboxylic acids is 1. The number of hydrogen-bond acceptors (Lipinski definition) is 6. The molecule has 0 atom stereocenters. The summed E-state index contributed by atoms with van der Waals surface area (Å²) >= 11 is 4.06. The molecule has 22 heavy (non-hydrogen) atoms. The zero-order valence-corrected chi connectivity index (χ0v) is 14.9. The first-order valence-electron chi connectivity index (χ1n) is 6.20. The number of nitrogens with one attached hydrogen (secondary N) is 2. The summed E-state index contributed by atoms with van der Waals surface area (Å²) in [5.74, 6) is -0.481. The second-order valence-corrected chi connectivity index (χ2v) is 8.38. The number of halogens is 1. The molecule has 0 aliphatic rings. The molecule has 2 N–H and O–H groups in total. The first-order valence-corrected chi connectivity index (χ1v) is 9.30. The van der Waals surface area contributed by atoms with E-state index >= 15 is 0 Å². The van der Waals surface area contributed by atoms with Crippen molar-refractivity contribution in [3.8, 4) is 0 Å². The fourth-order valence-electron chi connectivity index (χ4n) is 1.34. The molecule has 0 aliphatic carbocycles. The molecule has 0 aliphatic heterocycles. The van der Waals surface area contributed by atoms with E-state index in [4.69, 9.17) is 0 Å². The first kappa shape index (κ1) is 16.8. The molecule has 0 saturated carbocycles. The van der Waals surface area contributed by atoms with Crippen molar-refractivity contribution in [2.45, 2.75) is 18.2 Å². The summed E-state index contributed by atoms with van der Waals surface area (Å²) in [4.78, 5) is 11.6. The fourth-order valence-corrected chi connectivity index (χ4v) is 3.56. The van der Waals surface area contributed by atoms with Crippen LogP contribution in [0.15, 0.2) is 33.1 Å². The van der Waals surface area contributed by atoms with Gasteiger partial charge in [-0.05, 0) is 24.3 Å². The molecule has 1 aromatic carbocycles. The molecule has 0 unspecified atom stereocenters. The summed E-state index contributed by atoms with van der Waals surface area (Å²) in [7, 11) is -3.83. The van der Waals surface area contributed by atoms with Crippen molar-refractivity contribution >= 4 is 54.0 Å². The molecule has 2 rings (SSSR count). The summed E-state index contributed by atoms with van der Waals surface area (Å²) < 4.78 is 27.4. The number of rotatable bonds is 5. The molecule has 2 aromatic rings. The molecule has 118 valence electrons. The molecule has 0 bridgehead atoms. The summed E-state index contributed by atoms with van der Waals surface area (Å²) in [6, 6.07) is 6.66. The zero-order chi connectivity index (χ0) is 16.3. The Kier molecular flexibility index (Phi) is 5.14. The van der Waals surface area contributed by atoms with Crippen molar-refractivity contribution in [3.63, 3.8) is 0 Å². The molecule has 0 radical (unpaired) electrons. The average Bonchev–Trinajstić information content (AvgIpc) is 2.90. The Morgan fingerprint density at radius 1 is 1.23 bits per heavy atom. The van der Waals surface area contributed by atoms with Crippen LogP contribution >= 0.6 is 27.3 Å². The number of aromatic nitrogens is 2. The Morgan fingerprint density at radius 3 is 2.45 bits per heavy atom. The van der Waals surface area contributed by atoms with Crippen LogP contribution in [0.1, 0.15) is 13.8 Å². The van der Waals surface area contributed by atoms with Gasteiger partial charge in [0.25, 0.3) is 14.4 Å². The van der Waals surface area contributed by atoms with Gasteiger partial charge in [0.15, 0.2) is 0 Å². The highest BCUT2D eigenvalue weighted by molar-refractivity contribution is 9.10. The van der Waals surface area contributed by atoms with Gasteiger partial charge in [0.2, 0.25) is 11.0 Å². The summed E-state index contributed by atoms with van der Waals surface area (Å²) in [6.07, 6.45) is 0. The number of sulfonamides is 1. The van der Waals surface area contributed by atoms with Crippen molar-refractivity contribution in [2.75, 3.05) is 10.0 Å². The molecule has 0 saturated heterocycles. The average molecular weight is 405 g/mol. The maximum atomic E-state index is 12.2. The predicted molar refractivity (Wildman–Crippen MR) is 88.3 cm³/mol. The van der Waals surface area contributed by atoms with E-state index in [1.807, 2.05) is 0 Å². The zero-order valence-electron chi connectivity index (χ0n) is 11.7. The van der Waals surface area contributed by atoms with E-state index in [9.17, 15) is 13.2 Å². The van der Waals surface area contributed by atoms with Gasteiger partial charge in [0.1, 0.15) is 0 Å². The highest BCUT2D eigenvalue weighted by Crippen LogP contribution is 2.23. The highest BCUT2D eigenvalue weighted by Gasteiger charge is 2.21. The van der Waals surface area contributed by atoms with Crippen LogP contribution in [0.25, 0.3) is 0 Å². The summed E-state index contributed by atoms with van der Waals surface area (Å²) in [6.45, 7) is 3.45. The van der Waals surface area contributed by atoms with Gasteiger partial charge in [-0.2, -0.15) is 8.42 Å². The lowest BCUT2D eigenvalue weighted by Crippen LogP contribution is -2.17. The van der Waals surface area contributed by atoms with Crippen LogP contribution in [0, 0.1) is 5.92 Å². The summed E-state index contributed by atoms with van der Waals surface area (Å²) in [5, 5.41) is 9.94. The molecular formula is C12H13BrN4O3S2. The van der Waals surface area contributed by atoms with Crippen LogP contribution in [0.3, 0.4) is 0 Å². The third-order valence-corrected chi connectivity index (χ3v) is 5.60. The van der Waals surface area contributed by atoms with E-state index in [1.54, 1.807) is 38.1 Å². The number of benzene rings is 1. The number of carbonyl (C=O) groups is 1. The van der Waals surface area contributed by atoms with Gasteiger partial charge in [-0.25, -0.2) is 0 Å². The van der Waals surface area contributed by atoms with Crippen molar-refractivity contribution in [3.05, 3.63) is 28.7 Å². The Hall–Kier alpha value is -1.52. The largest absolute Gasteiger partial charge is 0.300 e. The first-order chi connectivity index (χ1) is 10.3. The van der Waals surface area contributed by atoms with Crippen molar-refractivity contribution in [2.24, 2.45) is 5.92 Å². The summed E-state index contributed by atoms with van der Waals surface area (Å²) in [5.41, 5.74) is 0.408.